The summed E-state index contributed by atoms with van der Waals surface area (Å²) in [5.74, 6) is -1.54. The second-order valence-corrected chi connectivity index (χ2v) is 11.3. The normalized spacial score (nSPS) is 17.9. The number of benzene rings is 2. The molecule has 0 saturated heterocycles. The number of nitrogens with zero attached hydrogens (tertiary/aromatic N) is 2. The van der Waals surface area contributed by atoms with Crippen molar-refractivity contribution in [1.29, 1.82) is 0 Å². The summed E-state index contributed by atoms with van der Waals surface area (Å²) in [4.78, 5) is 21.4. The van der Waals surface area contributed by atoms with Crippen LogP contribution in [0.5, 0.6) is 11.5 Å². The maximum atomic E-state index is 14.6. The molecule has 0 fully saturated rings. The predicted octanol–water partition coefficient (Wildman–Crippen LogP) is 5.61. The van der Waals surface area contributed by atoms with E-state index in [4.69, 9.17) is 26.8 Å². The van der Waals surface area contributed by atoms with E-state index < -0.39 is 46.3 Å². The first-order valence-electron chi connectivity index (χ1n) is 12.3. The summed E-state index contributed by atoms with van der Waals surface area (Å²) >= 11 is 9.43. The van der Waals surface area contributed by atoms with Crippen molar-refractivity contribution in [3.63, 3.8) is 0 Å². The number of amides is 1. The van der Waals surface area contributed by atoms with Crippen molar-refractivity contribution >= 4 is 44.3 Å². The molecule has 42 heavy (non-hydrogen) atoms. The molecule has 8 nitrogen and oxygen atoms in total. The lowest BCUT2D eigenvalue weighted by Crippen LogP contribution is -2.51. The van der Waals surface area contributed by atoms with Crippen molar-refractivity contribution in [2.75, 3.05) is 20.3 Å². The largest absolute Gasteiger partial charge is 0.494 e. The van der Waals surface area contributed by atoms with E-state index in [0.717, 1.165) is 12.1 Å². The first kappa shape index (κ1) is 30.0. The van der Waals surface area contributed by atoms with Crippen LogP contribution in [0.3, 0.4) is 0 Å². The van der Waals surface area contributed by atoms with Gasteiger partial charge in [-0.25, -0.2) is 9.37 Å². The van der Waals surface area contributed by atoms with Crippen LogP contribution in [0.25, 0.3) is 22.2 Å². The lowest BCUT2D eigenvalue weighted by atomic mass is 9.89. The maximum Gasteiger partial charge on any atom is 0.424 e. The average Bonchev–Trinajstić information content (AvgIpc) is 3.25. The second-order valence-electron chi connectivity index (χ2n) is 9.98. The number of nitrogens with two attached hydrogens (primary N) is 1. The van der Waals surface area contributed by atoms with E-state index >= 15 is 0 Å². The van der Waals surface area contributed by atoms with E-state index in [2.05, 4.69) is 31.2 Å². The van der Waals surface area contributed by atoms with Crippen LogP contribution in [0, 0.1) is 5.82 Å². The number of hydrogen-bond donors (Lipinski definition) is 3. The van der Waals surface area contributed by atoms with Crippen molar-refractivity contribution in [3.8, 4) is 22.8 Å². The molecule has 0 bridgehead atoms. The summed E-state index contributed by atoms with van der Waals surface area (Å²) in [6, 6.07) is 9.10. The van der Waals surface area contributed by atoms with Crippen LogP contribution in [-0.2, 0) is 11.1 Å². The number of halogens is 6. The molecule has 220 valence electrons. The zero-order valence-electron chi connectivity index (χ0n) is 21.9. The highest BCUT2D eigenvalue weighted by Gasteiger charge is 2.57. The van der Waals surface area contributed by atoms with Gasteiger partial charge in [-0.15, -0.1) is 0 Å². The summed E-state index contributed by atoms with van der Waals surface area (Å²) in [5, 5.41) is 13.4. The van der Waals surface area contributed by atoms with E-state index in [1.54, 1.807) is 6.07 Å². The Bertz CT molecular complexity index is 1740. The fraction of sp³-hybridized carbons (Fsp3) is 0.250. The van der Waals surface area contributed by atoms with Crippen molar-refractivity contribution < 1.29 is 36.9 Å². The van der Waals surface area contributed by atoms with Gasteiger partial charge in [0.05, 0.1) is 29.9 Å². The van der Waals surface area contributed by atoms with Gasteiger partial charge < -0.3 is 25.6 Å². The Morgan fingerprint density at radius 3 is 2.71 bits per heavy atom. The number of ether oxygens (including phenoxy) is 2. The zero-order chi connectivity index (χ0) is 30.6. The number of fused-ring (bicyclic) bond motifs is 2. The SMILES string of the molecule is COc1cc(C(=O)NC[C@](O)(c2cc3c(c(-c4cccc(F)c4Cl)n2)OC[C@]3(C)N)C(F)(F)F)cc2cc(Br)cnc12. The predicted molar refractivity (Wildman–Crippen MR) is 150 cm³/mol. The van der Waals surface area contributed by atoms with Gasteiger partial charge in [-0.3, -0.25) is 9.78 Å². The molecule has 2 atom stereocenters. The van der Waals surface area contributed by atoms with Crippen molar-refractivity contribution in [2.45, 2.75) is 24.2 Å². The third-order valence-electron chi connectivity index (χ3n) is 6.91. The molecule has 4 N–H and O–H groups in total. The summed E-state index contributed by atoms with van der Waals surface area (Å²) in [6.45, 7) is 0.0777. The minimum absolute atomic E-state index is 0.00726. The third kappa shape index (κ3) is 5.14. The minimum atomic E-state index is -5.33. The van der Waals surface area contributed by atoms with Gasteiger partial charge in [0.1, 0.15) is 29.4 Å². The zero-order valence-corrected chi connectivity index (χ0v) is 24.3. The molecule has 14 heteroatoms. The first-order chi connectivity index (χ1) is 19.7. The third-order valence-corrected chi connectivity index (χ3v) is 7.72. The molecule has 1 aliphatic heterocycles. The number of methoxy groups -OCH3 is 1. The smallest absolute Gasteiger partial charge is 0.424 e. The van der Waals surface area contributed by atoms with E-state index in [-0.39, 0.29) is 40.5 Å². The van der Waals surface area contributed by atoms with E-state index in [1.807, 2.05) is 0 Å². The molecule has 3 heterocycles. The molecule has 0 aliphatic carbocycles. The lowest BCUT2D eigenvalue weighted by Gasteiger charge is -2.31. The molecule has 5 rings (SSSR count). The molecule has 0 saturated carbocycles. The molecule has 2 aromatic heterocycles. The molecule has 0 spiro atoms. The first-order valence-corrected chi connectivity index (χ1v) is 13.5. The number of aromatic nitrogens is 2. The van der Waals surface area contributed by atoms with Crippen LogP contribution in [0.4, 0.5) is 17.6 Å². The Hall–Kier alpha value is -3.52. The fourth-order valence-corrected chi connectivity index (χ4v) is 5.17. The highest BCUT2D eigenvalue weighted by Crippen LogP contribution is 2.47. The molecular formula is C28H22BrClF4N4O4. The highest BCUT2D eigenvalue weighted by atomic mass is 79.9. The Morgan fingerprint density at radius 2 is 2.02 bits per heavy atom. The van der Waals surface area contributed by atoms with Crippen molar-refractivity contribution in [3.05, 3.63) is 80.8 Å². The van der Waals surface area contributed by atoms with Gasteiger partial charge in [0.2, 0.25) is 5.60 Å². The number of nitrogens with one attached hydrogen (secondary N) is 1. The van der Waals surface area contributed by atoms with Crippen LogP contribution in [0.2, 0.25) is 5.02 Å². The van der Waals surface area contributed by atoms with Gasteiger partial charge in [-0.2, -0.15) is 13.2 Å². The number of rotatable bonds is 6. The fourth-order valence-electron chi connectivity index (χ4n) is 4.61. The van der Waals surface area contributed by atoms with Crippen LogP contribution in [0.1, 0.15) is 28.5 Å². The Labute approximate surface area is 249 Å². The molecule has 0 unspecified atom stereocenters. The van der Waals surface area contributed by atoms with Crippen LogP contribution in [0.15, 0.2) is 53.1 Å². The van der Waals surface area contributed by atoms with Crippen molar-refractivity contribution in [2.24, 2.45) is 5.73 Å². The van der Waals surface area contributed by atoms with Gasteiger partial charge in [0, 0.05) is 32.7 Å². The molecule has 1 amide bonds. The summed E-state index contributed by atoms with van der Waals surface area (Å²) in [6.07, 6.45) is -3.80. The van der Waals surface area contributed by atoms with E-state index in [9.17, 15) is 27.5 Å². The number of pyridine rings is 2. The monoisotopic (exact) mass is 668 g/mol. The maximum absolute atomic E-state index is 14.6. The Balaban J connectivity index is 1.58. The van der Waals surface area contributed by atoms with Gasteiger partial charge in [0.25, 0.3) is 5.91 Å². The molecule has 2 aromatic carbocycles. The number of alkyl halides is 3. The summed E-state index contributed by atoms with van der Waals surface area (Å²) in [7, 11) is 1.36. The molecule has 0 radical (unpaired) electrons. The number of carbonyl (C=O) groups excluding carboxylic acids is 1. The van der Waals surface area contributed by atoms with Gasteiger partial charge in [-0.1, -0.05) is 23.7 Å². The van der Waals surface area contributed by atoms with Gasteiger partial charge >= 0.3 is 6.18 Å². The average molecular weight is 670 g/mol. The molecule has 1 aliphatic rings. The van der Waals surface area contributed by atoms with Gasteiger partial charge in [0.15, 0.2) is 5.75 Å². The number of carbonyl (C=O) groups is 1. The Morgan fingerprint density at radius 1 is 1.29 bits per heavy atom. The lowest BCUT2D eigenvalue weighted by molar-refractivity contribution is -0.265. The topological polar surface area (TPSA) is 120 Å². The Kier molecular flexibility index (Phi) is 7.59. The standard InChI is InChI=1S/C28H22BrClF4N4O4/c1-26(35)12-42-24-17(26)9-20(38-23(24)16-4-3-5-18(31)21(16)30)27(40,28(32,33)34)11-37-25(39)14-6-13-7-15(29)10-36-22(13)19(8-14)41-2/h3-10,40H,11-12,35H2,1-2H3,(H,37,39)/t26-,27-/m0/s1. The van der Waals surface area contributed by atoms with Crippen LogP contribution < -0.4 is 20.5 Å². The van der Waals surface area contributed by atoms with Gasteiger partial charge in [-0.05, 0) is 53.2 Å². The number of aliphatic hydroxyl groups is 1. The summed E-state index contributed by atoms with van der Waals surface area (Å²) < 4.78 is 69.7. The van der Waals surface area contributed by atoms with Crippen molar-refractivity contribution in [1.82, 2.24) is 15.3 Å². The number of hydrogen-bond acceptors (Lipinski definition) is 7. The van der Waals surface area contributed by atoms with E-state index in [1.165, 1.54) is 44.5 Å². The highest BCUT2D eigenvalue weighted by molar-refractivity contribution is 9.10. The minimum Gasteiger partial charge on any atom is -0.494 e. The molecular weight excluding hydrogens is 648 g/mol. The molecule has 4 aromatic rings. The van der Waals surface area contributed by atoms with Crippen LogP contribution >= 0.6 is 27.5 Å². The van der Waals surface area contributed by atoms with E-state index in [0.29, 0.717) is 15.4 Å². The second kappa shape index (κ2) is 10.6. The quantitative estimate of drug-likeness (QED) is 0.229. The van der Waals surface area contributed by atoms with Crippen LogP contribution in [-0.4, -0.2) is 47.4 Å². The summed E-state index contributed by atoms with van der Waals surface area (Å²) in [5.41, 5.74) is 0.602.